The number of anilines is 1. The summed E-state index contributed by atoms with van der Waals surface area (Å²) in [6, 6.07) is 5.66. The Kier molecular flexibility index (Phi) is 4.88. The fraction of sp³-hybridized carbons (Fsp3) is 0.353. The Bertz CT molecular complexity index is 725. The molecule has 1 atom stereocenters. The van der Waals surface area contributed by atoms with Crippen LogP contribution in [0.5, 0.6) is 5.75 Å². The normalized spacial score (nSPS) is 16.9. The highest BCUT2D eigenvalue weighted by Crippen LogP contribution is 2.31. The highest BCUT2D eigenvalue weighted by Gasteiger charge is 2.31. The molecule has 1 saturated heterocycles. The van der Waals surface area contributed by atoms with Gasteiger partial charge in [0, 0.05) is 19.7 Å². The molecule has 2 heterocycles. The van der Waals surface area contributed by atoms with Gasteiger partial charge in [-0.05, 0) is 25.0 Å². The molecule has 3 rings (SSSR count). The third-order valence-corrected chi connectivity index (χ3v) is 3.98. The maximum Gasteiger partial charge on any atom is 0.261 e. The molecular weight excluding hydrogens is 311 g/mol. The summed E-state index contributed by atoms with van der Waals surface area (Å²) in [6.07, 6.45) is 5.07. The molecule has 0 radical (unpaired) electrons. The van der Waals surface area contributed by atoms with Crippen LogP contribution in [0.3, 0.4) is 0 Å². The van der Waals surface area contributed by atoms with E-state index in [0.717, 1.165) is 18.5 Å². The summed E-state index contributed by atoms with van der Waals surface area (Å²) in [4.78, 5) is 22.9. The van der Waals surface area contributed by atoms with Gasteiger partial charge in [0.2, 0.25) is 0 Å². The Hall–Kier alpha value is -2.70. The minimum atomic E-state index is -0.391. The number of hydrogen-bond donors (Lipinski definition) is 1. The van der Waals surface area contributed by atoms with Crippen LogP contribution >= 0.6 is 0 Å². The highest BCUT2D eigenvalue weighted by atomic mass is 19.1. The number of nitrogens with zero attached hydrogens (tertiary/aromatic N) is 3. The predicted octanol–water partition coefficient (Wildman–Crippen LogP) is 2.40. The Morgan fingerprint density at radius 3 is 3.12 bits per heavy atom. The molecule has 0 bridgehead atoms. The molecule has 0 spiro atoms. The molecule has 1 fully saturated rings. The lowest BCUT2D eigenvalue weighted by atomic mass is 10.1. The molecule has 1 aliphatic rings. The summed E-state index contributed by atoms with van der Waals surface area (Å²) in [5, 5.41) is 2.95. The van der Waals surface area contributed by atoms with E-state index in [1.165, 1.54) is 12.1 Å². The molecule has 6 nitrogen and oxygen atoms in total. The topological polar surface area (TPSA) is 67.4 Å². The monoisotopic (exact) mass is 330 g/mol. The second-order valence-corrected chi connectivity index (χ2v) is 5.57. The first-order valence-electron chi connectivity index (χ1n) is 7.85. The van der Waals surface area contributed by atoms with Crippen LogP contribution in [0.2, 0.25) is 0 Å². The fourth-order valence-electron chi connectivity index (χ4n) is 2.82. The van der Waals surface area contributed by atoms with Gasteiger partial charge in [-0.25, -0.2) is 9.37 Å². The van der Waals surface area contributed by atoms with Crippen LogP contribution in [-0.2, 0) is 4.79 Å². The van der Waals surface area contributed by atoms with Crippen molar-refractivity contribution in [2.45, 2.75) is 18.9 Å². The van der Waals surface area contributed by atoms with Gasteiger partial charge in [0.15, 0.2) is 6.61 Å². The largest absolute Gasteiger partial charge is 0.484 e. The first kappa shape index (κ1) is 16.2. The predicted molar refractivity (Wildman–Crippen MR) is 87.2 cm³/mol. The summed E-state index contributed by atoms with van der Waals surface area (Å²) >= 11 is 0. The van der Waals surface area contributed by atoms with Gasteiger partial charge in [-0.3, -0.25) is 9.78 Å². The van der Waals surface area contributed by atoms with E-state index in [1.54, 1.807) is 36.5 Å². The summed E-state index contributed by atoms with van der Waals surface area (Å²) in [7, 11) is 1.78. The van der Waals surface area contributed by atoms with Crippen molar-refractivity contribution >= 4 is 11.7 Å². The lowest BCUT2D eigenvalue weighted by Gasteiger charge is -2.24. The van der Waals surface area contributed by atoms with Gasteiger partial charge in [-0.15, -0.1) is 0 Å². The number of hydrogen-bond acceptors (Lipinski definition) is 5. The van der Waals surface area contributed by atoms with Gasteiger partial charge in [0.1, 0.15) is 17.4 Å². The first-order valence-corrected chi connectivity index (χ1v) is 7.85. The number of ether oxygens (including phenoxy) is 1. The third-order valence-electron chi connectivity index (χ3n) is 3.98. The minimum absolute atomic E-state index is 0.102. The van der Waals surface area contributed by atoms with Crippen LogP contribution in [0.15, 0.2) is 36.7 Å². The van der Waals surface area contributed by atoms with E-state index < -0.39 is 5.82 Å². The lowest BCUT2D eigenvalue weighted by molar-refractivity contribution is -0.134. The quantitative estimate of drug-likeness (QED) is 0.912. The van der Waals surface area contributed by atoms with Crippen LogP contribution in [0.4, 0.5) is 10.2 Å². The van der Waals surface area contributed by atoms with Gasteiger partial charge in [0.25, 0.3) is 5.91 Å². The first-order chi connectivity index (χ1) is 11.7. The maximum atomic E-state index is 13.2. The van der Waals surface area contributed by atoms with Crippen molar-refractivity contribution in [3.63, 3.8) is 0 Å². The molecule has 1 aliphatic heterocycles. The molecule has 24 heavy (non-hydrogen) atoms. The molecule has 0 aliphatic carbocycles. The van der Waals surface area contributed by atoms with E-state index in [-0.39, 0.29) is 18.6 Å². The summed E-state index contributed by atoms with van der Waals surface area (Å²) in [6.45, 7) is 0.528. The van der Waals surface area contributed by atoms with Crippen LogP contribution in [0.25, 0.3) is 0 Å². The van der Waals surface area contributed by atoms with Crippen molar-refractivity contribution < 1.29 is 13.9 Å². The van der Waals surface area contributed by atoms with E-state index in [1.807, 2.05) is 0 Å². The van der Waals surface area contributed by atoms with Crippen LogP contribution in [0.1, 0.15) is 24.6 Å². The van der Waals surface area contributed by atoms with Gasteiger partial charge >= 0.3 is 0 Å². The summed E-state index contributed by atoms with van der Waals surface area (Å²) in [5.41, 5.74) is 0.762. The zero-order valence-corrected chi connectivity index (χ0v) is 13.4. The zero-order valence-electron chi connectivity index (χ0n) is 13.4. The third kappa shape index (κ3) is 3.61. The lowest BCUT2D eigenvalue weighted by Crippen LogP contribution is -2.34. The Morgan fingerprint density at radius 2 is 2.33 bits per heavy atom. The molecule has 2 aromatic rings. The SMILES string of the molecule is CNc1cncc(C2CCCN2C(=O)COc2cccc(F)c2)n1. The average molecular weight is 330 g/mol. The smallest absolute Gasteiger partial charge is 0.261 e. The van der Waals surface area contributed by atoms with E-state index in [9.17, 15) is 9.18 Å². The van der Waals surface area contributed by atoms with Crippen molar-refractivity contribution in [1.82, 2.24) is 14.9 Å². The van der Waals surface area contributed by atoms with Crippen molar-refractivity contribution in [1.29, 1.82) is 0 Å². The molecular formula is C17H19FN4O2. The number of aromatic nitrogens is 2. The highest BCUT2D eigenvalue weighted by molar-refractivity contribution is 5.78. The Labute approximate surface area is 139 Å². The Morgan fingerprint density at radius 1 is 1.46 bits per heavy atom. The number of carbonyl (C=O) groups is 1. The fourth-order valence-corrected chi connectivity index (χ4v) is 2.82. The van der Waals surface area contributed by atoms with E-state index in [0.29, 0.717) is 18.1 Å². The standard InChI is InChI=1S/C17H19FN4O2/c1-19-16-10-20-9-14(21-16)15-6-3-7-22(15)17(23)11-24-13-5-2-4-12(18)8-13/h2,4-5,8-10,15H,3,6-7,11H2,1H3,(H,19,21). The van der Waals surface area contributed by atoms with E-state index in [4.69, 9.17) is 4.74 Å². The maximum absolute atomic E-state index is 13.2. The summed E-state index contributed by atoms with van der Waals surface area (Å²) in [5.74, 6) is 0.482. The molecule has 1 unspecified atom stereocenters. The number of halogens is 1. The second kappa shape index (κ2) is 7.25. The molecule has 0 saturated carbocycles. The number of rotatable bonds is 5. The van der Waals surface area contributed by atoms with E-state index >= 15 is 0 Å². The zero-order chi connectivity index (χ0) is 16.9. The molecule has 1 aromatic heterocycles. The second-order valence-electron chi connectivity index (χ2n) is 5.57. The molecule has 1 N–H and O–H groups in total. The number of nitrogens with one attached hydrogen (secondary N) is 1. The van der Waals surface area contributed by atoms with Crippen molar-refractivity contribution in [2.24, 2.45) is 0 Å². The van der Waals surface area contributed by atoms with Gasteiger partial charge in [-0.2, -0.15) is 0 Å². The summed E-state index contributed by atoms with van der Waals surface area (Å²) < 4.78 is 18.6. The van der Waals surface area contributed by atoms with Crippen molar-refractivity contribution in [3.05, 3.63) is 48.2 Å². The number of benzene rings is 1. The molecule has 1 amide bonds. The van der Waals surface area contributed by atoms with Gasteiger partial charge < -0.3 is 15.0 Å². The molecule has 126 valence electrons. The van der Waals surface area contributed by atoms with Crippen molar-refractivity contribution in [2.75, 3.05) is 25.5 Å². The van der Waals surface area contributed by atoms with Crippen molar-refractivity contribution in [3.8, 4) is 5.75 Å². The van der Waals surface area contributed by atoms with Gasteiger partial charge in [-0.1, -0.05) is 6.07 Å². The van der Waals surface area contributed by atoms with E-state index in [2.05, 4.69) is 15.3 Å². The Balaban J connectivity index is 1.67. The number of likely N-dealkylation sites (tertiary alicyclic amines) is 1. The minimum Gasteiger partial charge on any atom is -0.484 e. The van der Waals surface area contributed by atoms with Gasteiger partial charge in [0.05, 0.1) is 24.1 Å². The number of carbonyl (C=O) groups excluding carboxylic acids is 1. The van der Waals surface area contributed by atoms with Crippen LogP contribution in [0, 0.1) is 5.82 Å². The molecule has 1 aromatic carbocycles. The van der Waals surface area contributed by atoms with Crippen LogP contribution < -0.4 is 10.1 Å². The van der Waals surface area contributed by atoms with Crippen LogP contribution in [-0.4, -0.2) is 41.0 Å². The number of amides is 1. The molecule has 7 heteroatoms. The average Bonchev–Trinajstić information content (AvgIpc) is 3.09.